The van der Waals surface area contributed by atoms with Gasteiger partial charge in [0, 0.05) is 29.7 Å². The minimum absolute atomic E-state index is 0.0108. The predicted molar refractivity (Wildman–Crippen MR) is 118 cm³/mol. The lowest BCUT2D eigenvalue weighted by Crippen LogP contribution is -2.37. The van der Waals surface area contributed by atoms with Crippen LogP contribution in [0, 0.1) is 5.92 Å². The highest BCUT2D eigenvalue weighted by atomic mass is 79.9. The van der Waals surface area contributed by atoms with E-state index in [4.69, 9.17) is 0 Å². The first-order chi connectivity index (χ1) is 13.5. The van der Waals surface area contributed by atoms with E-state index in [1.807, 2.05) is 18.2 Å². The number of hydrogen-bond donors (Lipinski definition) is 1. The summed E-state index contributed by atoms with van der Waals surface area (Å²) in [6.45, 7) is 2.77. The van der Waals surface area contributed by atoms with Gasteiger partial charge in [0.15, 0.2) is 0 Å². The standard InChI is InChI=1S/C21H22BrN3O2S/c1-24-18-7-6-17(12-19(18)28-21(24)27)23-20(26)15-8-10-25(11-9-15)13-14-2-4-16(22)5-3-14/h2-7,12,15H,8-11,13H2,1H3,(H,23,26). The van der Waals surface area contributed by atoms with Crippen molar-refractivity contribution in [3.63, 3.8) is 0 Å². The molecule has 5 nitrogen and oxygen atoms in total. The second-order valence-corrected chi connectivity index (χ2v) is 9.18. The first-order valence-electron chi connectivity index (χ1n) is 9.37. The van der Waals surface area contributed by atoms with Crippen molar-refractivity contribution in [1.82, 2.24) is 9.47 Å². The zero-order valence-corrected chi connectivity index (χ0v) is 18.1. The van der Waals surface area contributed by atoms with Crippen molar-refractivity contribution in [3.8, 4) is 0 Å². The van der Waals surface area contributed by atoms with Crippen LogP contribution in [0.4, 0.5) is 5.69 Å². The number of nitrogens with zero attached hydrogens (tertiary/aromatic N) is 2. The van der Waals surface area contributed by atoms with Crippen LogP contribution in [0.5, 0.6) is 0 Å². The third-order valence-electron chi connectivity index (χ3n) is 5.34. The number of anilines is 1. The quantitative estimate of drug-likeness (QED) is 0.635. The third kappa shape index (κ3) is 4.21. The van der Waals surface area contributed by atoms with E-state index in [-0.39, 0.29) is 16.7 Å². The molecule has 0 saturated carbocycles. The van der Waals surface area contributed by atoms with Gasteiger partial charge in [-0.3, -0.25) is 14.5 Å². The number of carbonyl (C=O) groups is 1. The zero-order valence-electron chi connectivity index (χ0n) is 15.7. The number of hydrogen-bond acceptors (Lipinski definition) is 4. The lowest BCUT2D eigenvalue weighted by molar-refractivity contribution is -0.121. The lowest BCUT2D eigenvalue weighted by atomic mass is 9.95. The van der Waals surface area contributed by atoms with E-state index in [0.717, 1.165) is 52.9 Å². The van der Waals surface area contributed by atoms with Crippen LogP contribution in [-0.2, 0) is 18.4 Å². The second-order valence-electron chi connectivity index (χ2n) is 7.28. The van der Waals surface area contributed by atoms with Gasteiger partial charge in [0.05, 0.1) is 10.2 Å². The molecule has 1 aromatic heterocycles. The molecular formula is C21H22BrN3O2S. The topological polar surface area (TPSA) is 54.3 Å². The fraction of sp³-hybridized carbons (Fsp3) is 0.333. The molecule has 1 aliphatic rings. The Kier molecular flexibility index (Phi) is 5.66. The van der Waals surface area contributed by atoms with Crippen molar-refractivity contribution in [2.75, 3.05) is 18.4 Å². The van der Waals surface area contributed by atoms with E-state index in [1.165, 1.54) is 16.9 Å². The molecule has 1 fully saturated rings. The van der Waals surface area contributed by atoms with Crippen LogP contribution in [0.15, 0.2) is 51.7 Å². The summed E-state index contributed by atoms with van der Waals surface area (Å²) in [5, 5.41) is 3.04. The summed E-state index contributed by atoms with van der Waals surface area (Å²) in [6.07, 6.45) is 1.73. The van der Waals surface area contributed by atoms with Crippen molar-refractivity contribution in [3.05, 3.63) is 62.2 Å². The molecule has 7 heteroatoms. The third-order valence-corrected chi connectivity index (χ3v) is 6.86. The molecular weight excluding hydrogens is 438 g/mol. The molecule has 0 spiro atoms. The Bertz CT molecular complexity index is 1050. The van der Waals surface area contributed by atoms with E-state index in [0.29, 0.717) is 0 Å². The summed E-state index contributed by atoms with van der Waals surface area (Å²) >= 11 is 4.67. The monoisotopic (exact) mass is 459 g/mol. The van der Waals surface area contributed by atoms with Crippen molar-refractivity contribution >= 4 is 49.1 Å². The highest BCUT2D eigenvalue weighted by Gasteiger charge is 2.25. The van der Waals surface area contributed by atoms with E-state index in [2.05, 4.69) is 50.4 Å². The van der Waals surface area contributed by atoms with Gasteiger partial charge >= 0.3 is 4.87 Å². The minimum atomic E-state index is 0.0108. The summed E-state index contributed by atoms with van der Waals surface area (Å²) in [7, 11) is 1.77. The number of amides is 1. The van der Waals surface area contributed by atoms with Crippen LogP contribution >= 0.6 is 27.3 Å². The van der Waals surface area contributed by atoms with Crippen LogP contribution in [0.1, 0.15) is 18.4 Å². The van der Waals surface area contributed by atoms with E-state index in [1.54, 1.807) is 11.6 Å². The number of halogens is 1. The maximum Gasteiger partial charge on any atom is 0.307 e. The van der Waals surface area contributed by atoms with Crippen molar-refractivity contribution in [2.24, 2.45) is 13.0 Å². The molecule has 2 heterocycles. The Hall–Kier alpha value is -1.96. The van der Waals surface area contributed by atoms with Gasteiger partial charge in [-0.1, -0.05) is 39.4 Å². The molecule has 2 aromatic carbocycles. The van der Waals surface area contributed by atoms with Gasteiger partial charge in [0.1, 0.15) is 0 Å². The van der Waals surface area contributed by atoms with Crippen molar-refractivity contribution in [1.29, 1.82) is 0 Å². The number of piperidine rings is 1. The number of benzene rings is 2. The molecule has 3 aromatic rings. The smallest absolute Gasteiger partial charge is 0.307 e. The van der Waals surface area contributed by atoms with Crippen molar-refractivity contribution < 1.29 is 4.79 Å². The van der Waals surface area contributed by atoms with E-state index < -0.39 is 0 Å². The number of carbonyl (C=O) groups excluding carboxylic acids is 1. The Labute approximate surface area is 176 Å². The van der Waals surface area contributed by atoms with Crippen LogP contribution in [0.25, 0.3) is 10.2 Å². The highest BCUT2D eigenvalue weighted by molar-refractivity contribution is 9.10. The number of nitrogens with one attached hydrogen (secondary N) is 1. The zero-order chi connectivity index (χ0) is 19.7. The molecule has 0 aliphatic carbocycles. The molecule has 146 valence electrons. The Morgan fingerprint density at radius 1 is 1.18 bits per heavy atom. The SMILES string of the molecule is Cn1c(=O)sc2cc(NC(=O)C3CCN(Cc4ccc(Br)cc4)CC3)ccc21. The molecule has 28 heavy (non-hydrogen) atoms. The second kappa shape index (κ2) is 8.19. The predicted octanol–water partition coefficient (Wildman–Crippen LogP) is 4.21. The molecule has 4 rings (SSSR count). The number of fused-ring (bicyclic) bond motifs is 1. The molecule has 0 bridgehead atoms. The molecule has 1 N–H and O–H groups in total. The van der Waals surface area contributed by atoms with Crippen LogP contribution < -0.4 is 10.2 Å². The van der Waals surface area contributed by atoms with Gasteiger partial charge in [-0.05, 0) is 61.8 Å². The molecule has 0 unspecified atom stereocenters. The Morgan fingerprint density at radius 3 is 2.61 bits per heavy atom. The Balaban J connectivity index is 1.33. The molecule has 1 aliphatic heterocycles. The highest BCUT2D eigenvalue weighted by Crippen LogP contribution is 2.24. The average Bonchev–Trinajstić information content (AvgIpc) is 2.97. The molecule has 1 saturated heterocycles. The van der Waals surface area contributed by atoms with Crippen molar-refractivity contribution in [2.45, 2.75) is 19.4 Å². The maximum absolute atomic E-state index is 12.7. The number of likely N-dealkylation sites (tertiary alicyclic amines) is 1. The average molecular weight is 460 g/mol. The number of aryl methyl sites for hydroxylation is 1. The summed E-state index contributed by atoms with van der Waals surface area (Å²) < 4.78 is 3.62. The first kappa shape index (κ1) is 19.4. The summed E-state index contributed by atoms with van der Waals surface area (Å²) in [5.41, 5.74) is 2.95. The van der Waals surface area contributed by atoms with Gasteiger partial charge in [-0.25, -0.2) is 0 Å². The normalized spacial score (nSPS) is 15.8. The molecule has 1 amide bonds. The largest absolute Gasteiger partial charge is 0.326 e. The molecule has 0 atom stereocenters. The number of rotatable bonds is 4. The lowest BCUT2D eigenvalue weighted by Gasteiger charge is -2.31. The fourth-order valence-corrected chi connectivity index (χ4v) is 4.84. The fourth-order valence-electron chi connectivity index (χ4n) is 3.66. The molecule has 0 radical (unpaired) electrons. The van der Waals surface area contributed by atoms with Gasteiger partial charge in [-0.2, -0.15) is 0 Å². The van der Waals surface area contributed by atoms with Gasteiger partial charge in [-0.15, -0.1) is 0 Å². The van der Waals surface area contributed by atoms with E-state index in [9.17, 15) is 9.59 Å². The number of aromatic nitrogens is 1. The summed E-state index contributed by atoms with van der Waals surface area (Å²) in [5.74, 6) is 0.109. The maximum atomic E-state index is 12.7. The summed E-state index contributed by atoms with van der Waals surface area (Å²) in [6, 6.07) is 14.1. The van der Waals surface area contributed by atoms with Gasteiger partial charge < -0.3 is 9.88 Å². The van der Waals surface area contributed by atoms with E-state index >= 15 is 0 Å². The van der Waals surface area contributed by atoms with Gasteiger partial charge in [0.2, 0.25) is 5.91 Å². The van der Waals surface area contributed by atoms with Crippen LogP contribution in [-0.4, -0.2) is 28.5 Å². The Morgan fingerprint density at radius 2 is 1.89 bits per heavy atom. The summed E-state index contributed by atoms with van der Waals surface area (Å²) in [4.78, 5) is 26.9. The first-order valence-corrected chi connectivity index (χ1v) is 11.0. The van der Waals surface area contributed by atoms with Crippen LogP contribution in [0.3, 0.4) is 0 Å². The number of thiazole rings is 1. The van der Waals surface area contributed by atoms with Crippen LogP contribution in [0.2, 0.25) is 0 Å². The van der Waals surface area contributed by atoms with Gasteiger partial charge in [0.25, 0.3) is 0 Å². The minimum Gasteiger partial charge on any atom is -0.326 e.